The first-order valence-electron chi connectivity index (χ1n) is 4.20. The number of primary amides is 1. The van der Waals surface area contributed by atoms with Gasteiger partial charge >= 0.3 is 0 Å². The first-order valence-corrected chi connectivity index (χ1v) is 6.16. The van der Waals surface area contributed by atoms with E-state index in [9.17, 15) is 9.59 Å². The Balaban J connectivity index is 2.81. The molecule has 0 aliphatic rings. The molecule has 1 aromatic rings. The van der Waals surface area contributed by atoms with Gasteiger partial charge in [0.05, 0.1) is 0 Å². The highest BCUT2D eigenvalue weighted by Gasteiger charge is 2.28. The Bertz CT molecular complexity index is 401. The number of nitrogens with one attached hydrogen (secondary N) is 1. The summed E-state index contributed by atoms with van der Waals surface area (Å²) in [5.74, 6) is -0.819. The van der Waals surface area contributed by atoms with E-state index >= 15 is 0 Å². The Morgan fingerprint density at radius 3 is 2.53 bits per heavy atom. The third kappa shape index (κ3) is 2.91. The summed E-state index contributed by atoms with van der Waals surface area (Å²) < 4.78 is 0.871. The molecule has 0 aliphatic heterocycles. The molecule has 1 aromatic heterocycles. The first-order chi connectivity index (χ1) is 6.84. The molecule has 0 unspecified atom stereocenters. The molecule has 0 aliphatic carbocycles. The van der Waals surface area contributed by atoms with E-state index in [-0.39, 0.29) is 5.91 Å². The van der Waals surface area contributed by atoms with Crippen molar-refractivity contribution in [3.63, 3.8) is 0 Å². The lowest BCUT2D eigenvalue weighted by Gasteiger charge is -2.21. The summed E-state index contributed by atoms with van der Waals surface area (Å²) in [7, 11) is 0. The fourth-order valence-electron chi connectivity index (χ4n) is 0.858. The Labute approximate surface area is 105 Å². The first kappa shape index (κ1) is 12.4. The number of nitrogens with two attached hydrogens (primary N) is 1. The van der Waals surface area contributed by atoms with Crippen LogP contribution >= 0.6 is 33.9 Å². The highest BCUT2D eigenvalue weighted by atomic mass is 127. The highest BCUT2D eigenvalue weighted by molar-refractivity contribution is 14.1. The number of hydrogen-bond donors (Lipinski definition) is 2. The van der Waals surface area contributed by atoms with Crippen LogP contribution in [-0.4, -0.2) is 17.4 Å². The van der Waals surface area contributed by atoms with Gasteiger partial charge < -0.3 is 11.1 Å². The summed E-state index contributed by atoms with van der Waals surface area (Å²) in [6, 6.07) is 1.84. The predicted octanol–water partition coefficient (Wildman–Crippen LogP) is 1.35. The van der Waals surface area contributed by atoms with Crippen LogP contribution in [0.2, 0.25) is 0 Å². The monoisotopic (exact) mass is 338 g/mol. The maximum atomic E-state index is 11.7. The van der Waals surface area contributed by atoms with E-state index in [4.69, 9.17) is 5.73 Å². The molecule has 0 fully saturated rings. The SMILES string of the molecule is CC(C)(NC(=O)c1sccc1I)C(N)=O. The smallest absolute Gasteiger partial charge is 0.263 e. The van der Waals surface area contributed by atoms with Crippen LogP contribution in [0.3, 0.4) is 0 Å². The maximum absolute atomic E-state index is 11.7. The van der Waals surface area contributed by atoms with Gasteiger partial charge in [-0.2, -0.15) is 0 Å². The van der Waals surface area contributed by atoms with E-state index in [2.05, 4.69) is 27.9 Å². The minimum Gasteiger partial charge on any atom is -0.368 e. The third-order valence-corrected chi connectivity index (χ3v) is 4.04. The van der Waals surface area contributed by atoms with E-state index < -0.39 is 11.4 Å². The standard InChI is InChI=1S/C9H11IN2O2S/c1-9(2,8(11)14)12-7(13)6-5(10)3-4-15-6/h3-4H,1-2H3,(H2,11,14)(H,12,13). The van der Waals surface area contributed by atoms with Gasteiger partial charge in [0.25, 0.3) is 5.91 Å². The third-order valence-electron chi connectivity index (χ3n) is 1.87. The van der Waals surface area contributed by atoms with Crippen molar-refractivity contribution in [1.29, 1.82) is 0 Å². The van der Waals surface area contributed by atoms with Crippen molar-refractivity contribution in [2.24, 2.45) is 5.73 Å². The molecule has 4 nitrogen and oxygen atoms in total. The normalized spacial score (nSPS) is 11.1. The van der Waals surface area contributed by atoms with Crippen LogP contribution in [0.25, 0.3) is 0 Å². The number of rotatable bonds is 3. The Morgan fingerprint density at radius 2 is 2.13 bits per heavy atom. The van der Waals surface area contributed by atoms with Crippen LogP contribution in [0.5, 0.6) is 0 Å². The van der Waals surface area contributed by atoms with E-state index in [1.807, 2.05) is 11.4 Å². The number of amides is 2. The van der Waals surface area contributed by atoms with Crippen molar-refractivity contribution < 1.29 is 9.59 Å². The van der Waals surface area contributed by atoms with Crippen molar-refractivity contribution in [3.8, 4) is 0 Å². The predicted molar refractivity (Wildman–Crippen MR) is 67.8 cm³/mol. The lowest BCUT2D eigenvalue weighted by Crippen LogP contribution is -2.52. The average molecular weight is 338 g/mol. The molecule has 0 atom stereocenters. The lowest BCUT2D eigenvalue weighted by atomic mass is 10.1. The zero-order chi connectivity index (χ0) is 11.6. The molecule has 1 rings (SSSR count). The lowest BCUT2D eigenvalue weighted by molar-refractivity contribution is -0.122. The van der Waals surface area contributed by atoms with Gasteiger partial charge in [0.1, 0.15) is 10.4 Å². The summed E-state index contributed by atoms with van der Waals surface area (Å²) in [5, 5.41) is 4.42. The molecule has 0 saturated heterocycles. The van der Waals surface area contributed by atoms with Crippen LogP contribution in [0, 0.1) is 3.57 Å². The molecular formula is C9H11IN2O2S. The minimum atomic E-state index is -1.02. The molecule has 15 heavy (non-hydrogen) atoms. The average Bonchev–Trinajstić information content (AvgIpc) is 2.50. The van der Waals surface area contributed by atoms with Crippen molar-refractivity contribution >= 4 is 45.7 Å². The Kier molecular flexibility index (Phi) is 3.72. The molecule has 0 saturated carbocycles. The van der Waals surface area contributed by atoms with E-state index in [1.54, 1.807) is 13.8 Å². The van der Waals surface area contributed by atoms with E-state index in [1.165, 1.54) is 11.3 Å². The number of halogens is 1. The van der Waals surface area contributed by atoms with Gasteiger partial charge in [-0.05, 0) is 47.9 Å². The van der Waals surface area contributed by atoms with Crippen molar-refractivity contribution in [3.05, 3.63) is 19.9 Å². The van der Waals surface area contributed by atoms with Crippen molar-refractivity contribution in [1.82, 2.24) is 5.32 Å². The van der Waals surface area contributed by atoms with Crippen LogP contribution in [-0.2, 0) is 4.79 Å². The number of carbonyl (C=O) groups excluding carboxylic acids is 2. The van der Waals surface area contributed by atoms with Gasteiger partial charge in [-0.25, -0.2) is 0 Å². The second-order valence-corrected chi connectivity index (χ2v) is 5.62. The molecule has 0 radical (unpaired) electrons. The number of thiophene rings is 1. The molecule has 0 spiro atoms. The summed E-state index contributed by atoms with van der Waals surface area (Å²) in [5.41, 5.74) is 4.13. The summed E-state index contributed by atoms with van der Waals surface area (Å²) >= 11 is 3.41. The van der Waals surface area contributed by atoms with E-state index in [0.29, 0.717) is 4.88 Å². The fraction of sp³-hybridized carbons (Fsp3) is 0.333. The van der Waals surface area contributed by atoms with Gasteiger partial charge in [0.15, 0.2) is 0 Å². The second kappa shape index (κ2) is 4.48. The van der Waals surface area contributed by atoms with Crippen LogP contribution < -0.4 is 11.1 Å². The number of hydrogen-bond acceptors (Lipinski definition) is 3. The highest BCUT2D eigenvalue weighted by Crippen LogP contribution is 2.19. The van der Waals surface area contributed by atoms with Gasteiger partial charge in [-0.1, -0.05) is 0 Å². The van der Waals surface area contributed by atoms with Crippen molar-refractivity contribution in [2.45, 2.75) is 19.4 Å². The minimum absolute atomic E-state index is 0.266. The number of carbonyl (C=O) groups is 2. The van der Waals surface area contributed by atoms with Gasteiger partial charge in [0.2, 0.25) is 5.91 Å². The Hall–Kier alpha value is -0.630. The summed E-state index contributed by atoms with van der Waals surface area (Å²) in [6.07, 6.45) is 0. The summed E-state index contributed by atoms with van der Waals surface area (Å²) in [6.45, 7) is 3.15. The van der Waals surface area contributed by atoms with Gasteiger partial charge in [0, 0.05) is 3.57 Å². The quantitative estimate of drug-likeness (QED) is 0.817. The molecule has 2 amide bonds. The summed E-state index contributed by atoms with van der Waals surface area (Å²) in [4.78, 5) is 23.4. The fourth-order valence-corrected chi connectivity index (χ4v) is 2.59. The van der Waals surface area contributed by atoms with Gasteiger partial charge in [-0.15, -0.1) is 11.3 Å². The maximum Gasteiger partial charge on any atom is 0.263 e. The zero-order valence-corrected chi connectivity index (χ0v) is 11.3. The molecule has 82 valence electrons. The van der Waals surface area contributed by atoms with E-state index in [0.717, 1.165) is 3.57 Å². The second-order valence-electron chi connectivity index (χ2n) is 3.54. The van der Waals surface area contributed by atoms with Crippen LogP contribution in [0.15, 0.2) is 11.4 Å². The van der Waals surface area contributed by atoms with Crippen LogP contribution in [0.4, 0.5) is 0 Å². The molecule has 3 N–H and O–H groups in total. The van der Waals surface area contributed by atoms with Gasteiger partial charge in [-0.3, -0.25) is 9.59 Å². The largest absolute Gasteiger partial charge is 0.368 e. The molecule has 6 heteroatoms. The Morgan fingerprint density at radius 1 is 1.53 bits per heavy atom. The van der Waals surface area contributed by atoms with Crippen molar-refractivity contribution in [2.75, 3.05) is 0 Å². The van der Waals surface area contributed by atoms with Crippen LogP contribution in [0.1, 0.15) is 23.5 Å². The molecule has 0 aromatic carbocycles. The zero-order valence-electron chi connectivity index (χ0n) is 8.33. The molecular weight excluding hydrogens is 327 g/mol. The molecule has 0 bridgehead atoms. The topological polar surface area (TPSA) is 72.2 Å². The molecule has 1 heterocycles.